The lowest BCUT2D eigenvalue weighted by molar-refractivity contribution is -0.118. The second-order valence-corrected chi connectivity index (χ2v) is 8.43. The van der Waals surface area contributed by atoms with Crippen LogP contribution in [0, 0.1) is 0 Å². The molecule has 33 heavy (non-hydrogen) atoms. The van der Waals surface area contributed by atoms with E-state index in [0.717, 1.165) is 23.4 Å². The van der Waals surface area contributed by atoms with Crippen LogP contribution in [0.1, 0.15) is 38.3 Å². The molecule has 0 bridgehead atoms. The van der Waals surface area contributed by atoms with Crippen LogP contribution in [0.15, 0.2) is 48.5 Å². The first kappa shape index (κ1) is 22.4. The minimum absolute atomic E-state index is 0.0702. The van der Waals surface area contributed by atoms with Crippen molar-refractivity contribution in [2.24, 2.45) is 5.73 Å². The standard InChI is InChI=1S/C24H29N5O4/c1-3-22(30)29-15(2)12-20(19-6-4-5-7-21(19)29)26-16-8-10-17(11-9-16)27-24(32)28-13-18(14-28)33-23(25)31/h4-11,15,18,20,26H,3,12-14H2,1-2H3,(H2,25,31)(H,27,32)/t15-,20+/m0/s1. The number of rotatable bonds is 5. The molecular formula is C24H29N5O4. The van der Waals surface area contributed by atoms with Crippen LogP contribution < -0.4 is 21.3 Å². The van der Waals surface area contributed by atoms with Gasteiger partial charge < -0.3 is 30.9 Å². The van der Waals surface area contributed by atoms with Gasteiger partial charge in [-0.25, -0.2) is 9.59 Å². The Kier molecular flexibility index (Phi) is 6.39. The third-order valence-corrected chi connectivity index (χ3v) is 6.06. The number of para-hydroxylation sites is 1. The number of nitrogens with one attached hydrogen (secondary N) is 2. The number of ether oxygens (including phenoxy) is 1. The summed E-state index contributed by atoms with van der Waals surface area (Å²) in [6.07, 6.45) is 0.0947. The van der Waals surface area contributed by atoms with Gasteiger partial charge in [0.2, 0.25) is 5.91 Å². The normalized spacial score (nSPS) is 19.8. The van der Waals surface area contributed by atoms with E-state index in [1.807, 2.05) is 54.3 Å². The van der Waals surface area contributed by atoms with E-state index >= 15 is 0 Å². The Hall–Kier alpha value is -3.75. The third kappa shape index (κ3) is 4.87. The van der Waals surface area contributed by atoms with Crippen LogP contribution >= 0.6 is 0 Å². The summed E-state index contributed by atoms with van der Waals surface area (Å²) in [6.45, 7) is 4.61. The van der Waals surface area contributed by atoms with Crippen molar-refractivity contribution in [2.75, 3.05) is 28.6 Å². The zero-order valence-electron chi connectivity index (χ0n) is 18.8. The Bertz CT molecular complexity index is 1040. The highest BCUT2D eigenvalue weighted by atomic mass is 16.6. The lowest BCUT2D eigenvalue weighted by Crippen LogP contribution is -2.57. The van der Waals surface area contributed by atoms with Gasteiger partial charge in [0.25, 0.3) is 0 Å². The van der Waals surface area contributed by atoms with E-state index in [1.165, 1.54) is 0 Å². The van der Waals surface area contributed by atoms with E-state index in [9.17, 15) is 14.4 Å². The number of fused-ring (bicyclic) bond motifs is 1. The fourth-order valence-electron chi connectivity index (χ4n) is 4.40. The van der Waals surface area contributed by atoms with Crippen molar-refractivity contribution in [2.45, 2.75) is 44.9 Å². The molecule has 174 valence electrons. The van der Waals surface area contributed by atoms with Crippen LogP contribution in [0.2, 0.25) is 0 Å². The molecule has 4 amide bonds. The second kappa shape index (κ2) is 9.40. The predicted molar refractivity (Wildman–Crippen MR) is 126 cm³/mol. The van der Waals surface area contributed by atoms with Crippen molar-refractivity contribution < 1.29 is 19.1 Å². The summed E-state index contributed by atoms with van der Waals surface area (Å²) in [4.78, 5) is 39.0. The summed E-state index contributed by atoms with van der Waals surface area (Å²) in [5.41, 5.74) is 8.63. The summed E-state index contributed by atoms with van der Waals surface area (Å²) >= 11 is 0. The van der Waals surface area contributed by atoms with Gasteiger partial charge in [0.15, 0.2) is 0 Å². The van der Waals surface area contributed by atoms with E-state index in [4.69, 9.17) is 10.5 Å². The number of anilines is 3. The number of likely N-dealkylation sites (tertiary alicyclic amines) is 1. The van der Waals surface area contributed by atoms with Crippen LogP contribution in [-0.4, -0.2) is 48.2 Å². The molecule has 9 nitrogen and oxygen atoms in total. The number of carbonyl (C=O) groups is 3. The molecule has 4 N–H and O–H groups in total. The van der Waals surface area contributed by atoms with Crippen molar-refractivity contribution in [3.8, 4) is 0 Å². The zero-order valence-corrected chi connectivity index (χ0v) is 18.8. The number of hydrogen-bond acceptors (Lipinski definition) is 5. The van der Waals surface area contributed by atoms with Crippen LogP contribution in [0.5, 0.6) is 0 Å². The maximum atomic E-state index is 12.5. The van der Waals surface area contributed by atoms with Gasteiger partial charge in [0, 0.05) is 29.5 Å². The lowest BCUT2D eigenvalue weighted by Gasteiger charge is -2.40. The number of urea groups is 1. The summed E-state index contributed by atoms with van der Waals surface area (Å²) in [5.74, 6) is 0.128. The van der Waals surface area contributed by atoms with E-state index in [0.29, 0.717) is 25.2 Å². The maximum Gasteiger partial charge on any atom is 0.404 e. The van der Waals surface area contributed by atoms with Gasteiger partial charge in [-0.2, -0.15) is 0 Å². The van der Waals surface area contributed by atoms with Gasteiger partial charge in [0.1, 0.15) is 6.10 Å². The minimum atomic E-state index is -0.831. The summed E-state index contributed by atoms with van der Waals surface area (Å²) in [6, 6.07) is 15.4. The minimum Gasteiger partial charge on any atom is -0.443 e. The molecule has 0 aromatic heterocycles. The predicted octanol–water partition coefficient (Wildman–Crippen LogP) is 3.69. The number of hydrogen-bond donors (Lipinski definition) is 3. The van der Waals surface area contributed by atoms with Crippen molar-refractivity contribution in [1.29, 1.82) is 0 Å². The second-order valence-electron chi connectivity index (χ2n) is 8.43. The first-order valence-electron chi connectivity index (χ1n) is 11.1. The summed E-state index contributed by atoms with van der Waals surface area (Å²) < 4.78 is 4.85. The van der Waals surface area contributed by atoms with Gasteiger partial charge >= 0.3 is 12.1 Å². The highest BCUT2D eigenvalue weighted by Crippen LogP contribution is 2.39. The van der Waals surface area contributed by atoms with Gasteiger partial charge in [-0.1, -0.05) is 25.1 Å². The topological polar surface area (TPSA) is 117 Å². The first-order chi connectivity index (χ1) is 15.9. The van der Waals surface area contributed by atoms with Crippen LogP contribution in [-0.2, 0) is 9.53 Å². The van der Waals surface area contributed by atoms with E-state index < -0.39 is 6.09 Å². The Morgan fingerprint density at radius 1 is 1.06 bits per heavy atom. The molecule has 2 aliphatic rings. The fraction of sp³-hybridized carbons (Fsp3) is 0.375. The molecule has 0 unspecified atom stereocenters. The van der Waals surface area contributed by atoms with Crippen LogP contribution in [0.25, 0.3) is 0 Å². The maximum absolute atomic E-state index is 12.5. The molecule has 1 fully saturated rings. The SMILES string of the molecule is CCC(=O)N1c2ccccc2[C@H](Nc2ccc(NC(=O)N3CC(OC(N)=O)C3)cc2)C[C@@H]1C. The smallest absolute Gasteiger partial charge is 0.404 e. The first-order valence-corrected chi connectivity index (χ1v) is 11.1. The van der Waals surface area contributed by atoms with Gasteiger partial charge in [-0.15, -0.1) is 0 Å². The molecular weight excluding hydrogens is 422 g/mol. The average molecular weight is 452 g/mol. The summed E-state index contributed by atoms with van der Waals surface area (Å²) in [5, 5.41) is 6.41. The quantitative estimate of drug-likeness (QED) is 0.641. The molecule has 0 spiro atoms. The highest BCUT2D eigenvalue weighted by molar-refractivity contribution is 5.95. The van der Waals surface area contributed by atoms with Gasteiger partial charge in [-0.05, 0) is 49.2 Å². The number of carbonyl (C=O) groups excluding carboxylic acids is 3. The van der Waals surface area contributed by atoms with E-state index in [1.54, 1.807) is 4.90 Å². The van der Waals surface area contributed by atoms with E-state index in [2.05, 4.69) is 23.6 Å². The molecule has 2 heterocycles. The van der Waals surface area contributed by atoms with Crippen molar-refractivity contribution in [3.63, 3.8) is 0 Å². The third-order valence-electron chi connectivity index (χ3n) is 6.06. The molecule has 0 aliphatic carbocycles. The zero-order chi connectivity index (χ0) is 23.5. The monoisotopic (exact) mass is 451 g/mol. The molecule has 9 heteroatoms. The van der Waals surface area contributed by atoms with Crippen molar-refractivity contribution in [3.05, 3.63) is 54.1 Å². The molecule has 0 saturated carbocycles. The number of benzene rings is 2. The van der Waals surface area contributed by atoms with Crippen molar-refractivity contribution in [1.82, 2.24) is 4.90 Å². The molecule has 1 saturated heterocycles. The number of nitrogens with two attached hydrogens (primary N) is 1. The molecule has 2 aromatic carbocycles. The fourth-order valence-corrected chi connectivity index (χ4v) is 4.40. The molecule has 2 aliphatic heterocycles. The largest absolute Gasteiger partial charge is 0.443 e. The molecule has 0 radical (unpaired) electrons. The highest BCUT2D eigenvalue weighted by Gasteiger charge is 2.34. The van der Waals surface area contributed by atoms with Crippen LogP contribution in [0.4, 0.5) is 26.7 Å². The number of nitrogens with zero attached hydrogens (tertiary/aromatic N) is 2. The Morgan fingerprint density at radius 3 is 2.39 bits per heavy atom. The molecule has 4 rings (SSSR count). The number of primary amides is 1. The molecule has 2 atom stereocenters. The number of amides is 4. The van der Waals surface area contributed by atoms with Crippen molar-refractivity contribution >= 4 is 35.1 Å². The molecule has 2 aromatic rings. The van der Waals surface area contributed by atoms with Crippen LogP contribution in [0.3, 0.4) is 0 Å². The van der Waals surface area contributed by atoms with Gasteiger partial charge in [0.05, 0.1) is 19.1 Å². The van der Waals surface area contributed by atoms with Gasteiger partial charge in [-0.3, -0.25) is 4.79 Å². The lowest BCUT2D eigenvalue weighted by atomic mass is 9.91. The van der Waals surface area contributed by atoms with E-state index in [-0.39, 0.29) is 30.1 Å². The Labute approximate surface area is 192 Å². The Balaban J connectivity index is 1.38. The average Bonchev–Trinajstić information content (AvgIpc) is 2.76. The summed E-state index contributed by atoms with van der Waals surface area (Å²) in [7, 11) is 0. The Morgan fingerprint density at radius 2 is 1.73 bits per heavy atom.